The molecule has 9 heteroatoms. The van der Waals surface area contributed by atoms with E-state index in [2.05, 4.69) is 0 Å². The van der Waals surface area contributed by atoms with Crippen LogP contribution in [0.3, 0.4) is 0 Å². The van der Waals surface area contributed by atoms with Gasteiger partial charge in [-0.25, -0.2) is 4.79 Å². The van der Waals surface area contributed by atoms with E-state index >= 15 is 0 Å². The largest absolute Gasteiger partial charge is 0.454 e. The average molecular weight is 435 g/mol. The summed E-state index contributed by atoms with van der Waals surface area (Å²) >= 11 is 16.9. The molecule has 0 aliphatic carbocycles. The normalized spacial score (nSPS) is 18.9. The van der Waals surface area contributed by atoms with Crippen LogP contribution in [-0.2, 0) is 16.0 Å². The van der Waals surface area contributed by atoms with Crippen LogP contribution in [0, 0.1) is 0 Å². The van der Waals surface area contributed by atoms with E-state index in [0.717, 1.165) is 17.4 Å². The maximum absolute atomic E-state index is 12.4. The third kappa shape index (κ3) is 5.43. The zero-order valence-corrected chi connectivity index (χ0v) is 16.6. The quantitative estimate of drug-likeness (QED) is 0.517. The van der Waals surface area contributed by atoms with E-state index in [9.17, 15) is 9.59 Å². The smallest absolute Gasteiger partial charge is 0.409 e. The fraction of sp³-hybridized carbons (Fsp3) is 0.444. The summed E-state index contributed by atoms with van der Waals surface area (Å²) < 4.78 is 14.3. The Balaban J connectivity index is 1.81. The van der Waals surface area contributed by atoms with E-state index in [0.29, 0.717) is 49.4 Å². The third-order valence-corrected chi connectivity index (χ3v) is 4.62. The second-order valence-electron chi connectivity index (χ2n) is 6.25. The van der Waals surface area contributed by atoms with Crippen LogP contribution >= 0.6 is 34.8 Å². The monoisotopic (exact) mass is 433 g/mol. The van der Waals surface area contributed by atoms with E-state index in [1.54, 1.807) is 4.90 Å². The summed E-state index contributed by atoms with van der Waals surface area (Å²) in [6, 6.07) is 3.73. The molecule has 27 heavy (non-hydrogen) atoms. The van der Waals surface area contributed by atoms with Crippen molar-refractivity contribution >= 4 is 53.3 Å². The maximum atomic E-state index is 12.4. The standard InChI is InChI=1S/C18H18Cl3NO5/c19-18(20,21)10-25-17(24)22-4-1-2-12(9-23)6-14-8-16-15(26-11-27-16)7-13(14)3-5-22/h6-9H,1-5,10-11H2/b12-6+. The number of hydrogen-bond donors (Lipinski definition) is 0. The number of halogens is 3. The molecule has 0 unspecified atom stereocenters. The van der Waals surface area contributed by atoms with Gasteiger partial charge in [-0.2, -0.15) is 0 Å². The highest BCUT2D eigenvalue weighted by molar-refractivity contribution is 6.67. The number of benzene rings is 1. The van der Waals surface area contributed by atoms with E-state index in [1.807, 2.05) is 18.2 Å². The number of amides is 1. The number of carbonyl (C=O) groups is 2. The van der Waals surface area contributed by atoms with Crippen LogP contribution in [0.4, 0.5) is 4.79 Å². The van der Waals surface area contributed by atoms with Crippen LogP contribution in [-0.4, -0.2) is 47.6 Å². The van der Waals surface area contributed by atoms with Gasteiger partial charge in [0.05, 0.1) is 0 Å². The lowest BCUT2D eigenvalue weighted by Crippen LogP contribution is -2.36. The van der Waals surface area contributed by atoms with Crippen LogP contribution in [0.25, 0.3) is 6.08 Å². The summed E-state index contributed by atoms with van der Waals surface area (Å²) in [7, 11) is 0. The Bertz CT molecular complexity index is 760. The van der Waals surface area contributed by atoms with Gasteiger partial charge < -0.3 is 19.1 Å². The summed E-state index contributed by atoms with van der Waals surface area (Å²) in [5, 5.41) is 0. The number of carbonyl (C=O) groups excluding carboxylic acids is 2. The summed E-state index contributed by atoms with van der Waals surface area (Å²) in [5.74, 6) is 1.29. The van der Waals surface area contributed by atoms with Gasteiger partial charge in [0.15, 0.2) is 11.5 Å². The number of alkyl halides is 3. The highest BCUT2D eigenvalue weighted by Gasteiger charge is 2.25. The van der Waals surface area contributed by atoms with Crippen molar-refractivity contribution in [2.24, 2.45) is 0 Å². The fourth-order valence-corrected chi connectivity index (χ4v) is 3.14. The molecule has 2 aliphatic rings. The molecule has 1 aromatic rings. The fourth-order valence-electron chi connectivity index (χ4n) is 2.97. The number of allylic oxidation sites excluding steroid dienone is 1. The first-order valence-corrected chi connectivity index (χ1v) is 9.56. The molecular weight excluding hydrogens is 417 g/mol. The summed E-state index contributed by atoms with van der Waals surface area (Å²) in [6.07, 6.45) is 3.85. The van der Waals surface area contributed by atoms with E-state index in [1.165, 1.54) is 0 Å². The first-order chi connectivity index (χ1) is 12.9. The minimum atomic E-state index is -1.66. The molecule has 0 atom stereocenters. The zero-order valence-electron chi connectivity index (χ0n) is 14.4. The van der Waals surface area contributed by atoms with Gasteiger partial charge in [0, 0.05) is 13.1 Å². The minimum absolute atomic E-state index is 0.165. The van der Waals surface area contributed by atoms with Gasteiger partial charge in [-0.15, -0.1) is 0 Å². The van der Waals surface area contributed by atoms with Crippen molar-refractivity contribution in [2.45, 2.75) is 23.1 Å². The average Bonchev–Trinajstić information content (AvgIpc) is 3.07. The first-order valence-electron chi connectivity index (χ1n) is 8.42. The van der Waals surface area contributed by atoms with Crippen molar-refractivity contribution in [3.63, 3.8) is 0 Å². The van der Waals surface area contributed by atoms with E-state index in [-0.39, 0.29) is 13.4 Å². The molecule has 2 heterocycles. The van der Waals surface area contributed by atoms with Gasteiger partial charge in [-0.3, -0.25) is 4.79 Å². The third-order valence-electron chi connectivity index (χ3n) is 4.29. The van der Waals surface area contributed by atoms with Crippen LogP contribution in [0.2, 0.25) is 0 Å². The Hall–Kier alpha value is -1.63. The van der Waals surface area contributed by atoms with E-state index in [4.69, 9.17) is 49.0 Å². The molecule has 2 aliphatic heterocycles. The van der Waals surface area contributed by atoms with E-state index < -0.39 is 9.89 Å². The lowest BCUT2D eigenvalue weighted by atomic mass is 9.98. The molecule has 1 amide bonds. The lowest BCUT2D eigenvalue weighted by molar-refractivity contribution is -0.105. The molecule has 0 N–H and O–H groups in total. The zero-order chi connectivity index (χ0) is 19.4. The topological polar surface area (TPSA) is 65.1 Å². The predicted octanol–water partition coefficient (Wildman–Crippen LogP) is 4.14. The number of fused-ring (bicyclic) bond motifs is 2. The molecule has 3 rings (SSSR count). The summed E-state index contributed by atoms with van der Waals surface area (Å²) in [4.78, 5) is 25.3. The number of rotatable bonds is 2. The second kappa shape index (κ2) is 8.59. The molecule has 0 radical (unpaired) electrons. The van der Waals surface area contributed by atoms with Crippen LogP contribution < -0.4 is 9.47 Å². The predicted molar refractivity (Wildman–Crippen MR) is 103 cm³/mol. The molecule has 0 fully saturated rings. The van der Waals surface area contributed by atoms with Crippen molar-refractivity contribution < 1.29 is 23.8 Å². The van der Waals surface area contributed by atoms with Crippen molar-refractivity contribution in [3.8, 4) is 11.5 Å². The van der Waals surface area contributed by atoms with Crippen LogP contribution in [0.5, 0.6) is 11.5 Å². The Labute approximate surface area is 171 Å². The maximum Gasteiger partial charge on any atom is 0.409 e. The Kier molecular flexibility index (Phi) is 6.40. The summed E-state index contributed by atoms with van der Waals surface area (Å²) in [5.41, 5.74) is 2.46. The minimum Gasteiger partial charge on any atom is -0.454 e. The van der Waals surface area contributed by atoms with Gasteiger partial charge in [-0.1, -0.05) is 34.8 Å². The first kappa shape index (κ1) is 20.1. The molecule has 0 saturated heterocycles. The summed E-state index contributed by atoms with van der Waals surface area (Å²) in [6.45, 7) is 0.694. The molecule has 146 valence electrons. The number of ether oxygens (including phenoxy) is 3. The van der Waals surface area contributed by atoms with Crippen LogP contribution in [0.15, 0.2) is 17.7 Å². The van der Waals surface area contributed by atoms with Crippen molar-refractivity contribution in [3.05, 3.63) is 28.8 Å². The van der Waals surface area contributed by atoms with Gasteiger partial charge in [0.25, 0.3) is 0 Å². The van der Waals surface area contributed by atoms with Crippen molar-refractivity contribution in [2.75, 3.05) is 26.5 Å². The van der Waals surface area contributed by atoms with Gasteiger partial charge >= 0.3 is 6.09 Å². The molecule has 6 nitrogen and oxygen atoms in total. The SMILES string of the molecule is O=C/C1=C/c2cc3c(cc2CCN(C(=O)OCC(Cl)(Cl)Cl)CCC1)OCO3. The van der Waals surface area contributed by atoms with Crippen molar-refractivity contribution in [1.82, 2.24) is 4.90 Å². The molecule has 1 aromatic carbocycles. The van der Waals surface area contributed by atoms with Gasteiger partial charge in [0.1, 0.15) is 12.9 Å². The molecule has 0 aromatic heterocycles. The number of hydrogen-bond acceptors (Lipinski definition) is 5. The lowest BCUT2D eigenvalue weighted by Gasteiger charge is -2.24. The molecular formula is C18H18Cl3NO5. The molecule has 0 spiro atoms. The molecule has 0 saturated carbocycles. The second-order valence-corrected chi connectivity index (χ2v) is 8.77. The van der Waals surface area contributed by atoms with Crippen molar-refractivity contribution in [1.29, 1.82) is 0 Å². The van der Waals surface area contributed by atoms with Gasteiger partial charge in [0.2, 0.25) is 10.6 Å². The van der Waals surface area contributed by atoms with Gasteiger partial charge in [-0.05, 0) is 54.2 Å². The Morgan fingerprint density at radius 1 is 1.19 bits per heavy atom. The number of aldehydes is 1. The molecule has 0 bridgehead atoms. The highest BCUT2D eigenvalue weighted by atomic mass is 35.6. The Morgan fingerprint density at radius 3 is 2.63 bits per heavy atom. The number of nitrogens with zero attached hydrogens (tertiary/aromatic N) is 1. The Morgan fingerprint density at radius 2 is 1.93 bits per heavy atom. The highest BCUT2D eigenvalue weighted by Crippen LogP contribution is 2.36. The van der Waals surface area contributed by atoms with Crippen LogP contribution in [0.1, 0.15) is 24.0 Å².